The molecule has 494 valence electrons. The molecule has 0 saturated carbocycles. The SMILES string of the molecule is c1ccc(-c2ccccc2N(c2ccccc2)c2cc3c4c(c2)N(c2ccccc2)c2cc5c(cc2B4c2ccccc2O3)C2(c3cc4c(cc3O5)N(c3ccccc3)c3cc(N(c5ccccc5)c5ccccc5)cc5c3B4c3ccccc3N5c3ccccc3)c3ccccc3-c3ccccc32)cc1. The average molecular weight is 1350 g/mol. The minimum absolute atomic E-state index is 0.228. The van der Waals surface area contributed by atoms with Crippen molar-refractivity contribution >= 4 is 132 Å². The Morgan fingerprint density at radius 3 is 1.16 bits per heavy atom. The quantitative estimate of drug-likeness (QED) is 0.126. The number of hydrogen-bond acceptors (Lipinski definition) is 7. The lowest BCUT2D eigenvalue weighted by molar-refractivity contribution is 0.437. The molecule has 1 aliphatic carbocycles. The third-order valence-electron chi connectivity index (χ3n) is 22.6. The van der Waals surface area contributed by atoms with Gasteiger partial charge in [0.05, 0.1) is 22.5 Å². The van der Waals surface area contributed by atoms with Gasteiger partial charge in [-0.15, -0.1) is 0 Å². The second-order valence-electron chi connectivity index (χ2n) is 28.2. The van der Waals surface area contributed by atoms with Crippen LogP contribution >= 0.6 is 0 Å². The van der Waals surface area contributed by atoms with Crippen molar-refractivity contribution in [3.05, 3.63) is 404 Å². The largest absolute Gasteiger partial charge is 0.458 e. The second-order valence-corrected chi connectivity index (χ2v) is 28.2. The molecule has 1 spiro atoms. The molecule has 16 aromatic carbocycles. The van der Waals surface area contributed by atoms with Crippen molar-refractivity contribution in [3.8, 4) is 45.3 Å². The van der Waals surface area contributed by atoms with Crippen molar-refractivity contribution in [1.82, 2.24) is 0 Å². The summed E-state index contributed by atoms with van der Waals surface area (Å²) >= 11 is 0. The van der Waals surface area contributed by atoms with Crippen molar-refractivity contribution in [1.29, 1.82) is 0 Å². The Balaban J connectivity index is 0.823. The van der Waals surface area contributed by atoms with Gasteiger partial charge in [0.15, 0.2) is 0 Å². The van der Waals surface area contributed by atoms with Crippen LogP contribution in [0.4, 0.5) is 85.3 Å². The summed E-state index contributed by atoms with van der Waals surface area (Å²) in [5, 5.41) is 0. The minimum Gasteiger partial charge on any atom is -0.458 e. The molecule has 0 saturated heterocycles. The molecule has 5 aliphatic heterocycles. The lowest BCUT2D eigenvalue weighted by atomic mass is 9.33. The first-order valence-electron chi connectivity index (χ1n) is 36.5. The van der Waals surface area contributed by atoms with E-state index in [1.807, 2.05) is 0 Å². The van der Waals surface area contributed by atoms with Crippen LogP contribution in [0.1, 0.15) is 22.3 Å². The number of para-hydroxylation sites is 9. The molecule has 0 N–H and O–H groups in total. The first-order valence-corrected chi connectivity index (χ1v) is 36.5. The monoisotopic (exact) mass is 1350 g/mol. The number of nitrogens with zero attached hydrogens (tertiary/aromatic N) is 5. The van der Waals surface area contributed by atoms with Crippen LogP contribution in [-0.4, -0.2) is 13.4 Å². The molecule has 0 fully saturated rings. The highest BCUT2D eigenvalue weighted by atomic mass is 16.5. The van der Waals surface area contributed by atoms with Gasteiger partial charge in [0.25, 0.3) is 13.4 Å². The van der Waals surface area contributed by atoms with Crippen LogP contribution in [0.25, 0.3) is 22.3 Å². The van der Waals surface area contributed by atoms with Gasteiger partial charge >= 0.3 is 0 Å². The highest BCUT2D eigenvalue weighted by molar-refractivity contribution is 7.01. The Morgan fingerprint density at radius 1 is 0.236 bits per heavy atom. The van der Waals surface area contributed by atoms with E-state index in [0.29, 0.717) is 0 Å². The Kier molecular flexibility index (Phi) is 13.4. The zero-order valence-corrected chi connectivity index (χ0v) is 57.6. The van der Waals surface area contributed by atoms with E-state index in [2.05, 4.69) is 407 Å². The summed E-state index contributed by atoms with van der Waals surface area (Å²) in [6.45, 7) is -0.487. The maximum Gasteiger partial charge on any atom is 0.256 e. The average Bonchev–Trinajstić information content (AvgIpc) is 1.25. The van der Waals surface area contributed by atoms with Crippen LogP contribution in [0.5, 0.6) is 23.0 Å². The van der Waals surface area contributed by atoms with Gasteiger partial charge in [-0.25, -0.2) is 0 Å². The number of fused-ring (bicyclic) bond motifs is 17. The second kappa shape index (κ2) is 23.7. The van der Waals surface area contributed by atoms with Crippen molar-refractivity contribution in [3.63, 3.8) is 0 Å². The van der Waals surface area contributed by atoms with Crippen molar-refractivity contribution in [2.75, 3.05) is 24.5 Å². The number of rotatable bonds is 10. The van der Waals surface area contributed by atoms with Gasteiger partial charge in [-0.1, -0.05) is 255 Å². The molecule has 0 atom stereocenters. The summed E-state index contributed by atoms with van der Waals surface area (Å²) in [4.78, 5) is 12.3. The molecule has 0 aromatic heterocycles. The van der Waals surface area contributed by atoms with E-state index < -0.39 is 5.41 Å². The van der Waals surface area contributed by atoms with Gasteiger partial charge in [-0.2, -0.15) is 0 Å². The number of ether oxygens (including phenoxy) is 2. The smallest absolute Gasteiger partial charge is 0.256 e. The molecule has 0 unspecified atom stereocenters. The highest BCUT2D eigenvalue weighted by Crippen LogP contribution is 2.64. The highest BCUT2D eigenvalue weighted by Gasteiger charge is 2.55. The van der Waals surface area contributed by atoms with Crippen LogP contribution in [0.2, 0.25) is 0 Å². The van der Waals surface area contributed by atoms with Gasteiger partial charge in [-0.05, 0) is 170 Å². The fraction of sp³-hybridized carbons (Fsp3) is 0.0103. The number of benzene rings is 16. The number of hydrogen-bond donors (Lipinski definition) is 0. The molecule has 106 heavy (non-hydrogen) atoms. The van der Waals surface area contributed by atoms with E-state index in [9.17, 15) is 0 Å². The molecule has 5 heterocycles. The molecule has 0 radical (unpaired) electrons. The van der Waals surface area contributed by atoms with Crippen LogP contribution < -0.4 is 66.8 Å². The normalized spacial score (nSPS) is 13.6. The third-order valence-corrected chi connectivity index (χ3v) is 22.6. The Labute approximate surface area is 616 Å². The molecule has 9 heteroatoms. The number of anilines is 15. The summed E-state index contributed by atoms with van der Waals surface area (Å²) in [5.74, 6) is 3.22. The van der Waals surface area contributed by atoms with E-state index >= 15 is 0 Å². The predicted molar refractivity (Wildman–Crippen MR) is 438 cm³/mol. The van der Waals surface area contributed by atoms with Gasteiger partial charge in [0.2, 0.25) is 0 Å². The fourth-order valence-electron chi connectivity index (χ4n) is 18.5. The van der Waals surface area contributed by atoms with Gasteiger partial charge in [0, 0.05) is 103 Å². The van der Waals surface area contributed by atoms with E-state index in [1.54, 1.807) is 0 Å². The minimum atomic E-state index is -0.890. The molecular formula is C97H63B2N5O2. The Bertz CT molecular complexity index is 6120. The molecule has 22 rings (SSSR count). The van der Waals surface area contributed by atoms with Crippen molar-refractivity contribution in [2.45, 2.75) is 5.41 Å². The van der Waals surface area contributed by atoms with Crippen LogP contribution in [0, 0.1) is 0 Å². The van der Waals surface area contributed by atoms with Crippen molar-refractivity contribution in [2.24, 2.45) is 0 Å². The summed E-state index contributed by atoms with van der Waals surface area (Å²) in [6, 6.07) is 140. The Morgan fingerprint density at radius 2 is 0.623 bits per heavy atom. The summed E-state index contributed by atoms with van der Waals surface area (Å²) < 4.78 is 15.5. The Hall–Kier alpha value is -13.8. The van der Waals surface area contributed by atoms with E-state index in [-0.39, 0.29) is 13.4 Å². The van der Waals surface area contributed by atoms with Crippen LogP contribution in [-0.2, 0) is 5.41 Å². The van der Waals surface area contributed by atoms with E-state index in [1.165, 1.54) is 38.6 Å². The molecular weight excluding hydrogens is 1290 g/mol. The van der Waals surface area contributed by atoms with E-state index in [4.69, 9.17) is 9.47 Å². The fourth-order valence-corrected chi connectivity index (χ4v) is 18.5. The lowest BCUT2D eigenvalue weighted by Gasteiger charge is -2.47. The van der Waals surface area contributed by atoms with Crippen LogP contribution in [0.15, 0.2) is 382 Å². The molecule has 6 aliphatic rings. The summed E-state index contributed by atoms with van der Waals surface area (Å²) in [5.41, 5.74) is 31.1. The molecule has 16 aromatic rings. The first-order chi connectivity index (χ1) is 52.6. The lowest BCUT2D eigenvalue weighted by Crippen LogP contribution is -2.61. The van der Waals surface area contributed by atoms with Gasteiger partial charge in [0.1, 0.15) is 23.0 Å². The van der Waals surface area contributed by atoms with Crippen LogP contribution in [0.3, 0.4) is 0 Å². The molecule has 0 bridgehead atoms. The maximum atomic E-state index is 8.11. The maximum absolute atomic E-state index is 8.11. The van der Waals surface area contributed by atoms with Gasteiger partial charge in [-0.3, -0.25) is 0 Å². The third kappa shape index (κ3) is 8.84. The van der Waals surface area contributed by atoms with E-state index in [0.717, 1.165) is 147 Å². The van der Waals surface area contributed by atoms with Crippen molar-refractivity contribution < 1.29 is 9.47 Å². The predicted octanol–water partition coefficient (Wildman–Crippen LogP) is 21.2. The standard InChI is InChI=1S/C97H63B2N5O2/c1-8-32-64(33-9-1)73-46-24-29-53-84(73)101(67-38-14-4-15-39-67)72-58-90-96-94(59-72)105-91-55-31-28-52-81(91)99(96)83-61-79-93(63-87(83)104(90)70-44-20-7-21-45-70)106-92-62-86-82(60-78(92)97(79)76-49-25-22-47-74(76)75-48-23-26-50-77(75)97)98-80-51-27-30-54-85(80)102(68-40-16-5-17-41-68)88-56-71(57-89(95(88)98)103(86)69-42-18-6-19-43-69)100(65-34-10-2-11-35-65)66-36-12-3-13-37-66/h1-63H. The van der Waals surface area contributed by atoms with Gasteiger partial charge < -0.3 is 34.0 Å². The zero-order valence-electron chi connectivity index (χ0n) is 57.6. The topological polar surface area (TPSA) is 34.7 Å². The zero-order chi connectivity index (χ0) is 69.6. The summed E-state index contributed by atoms with van der Waals surface area (Å²) in [7, 11) is 0. The molecule has 0 amide bonds. The first kappa shape index (κ1) is 59.9. The summed E-state index contributed by atoms with van der Waals surface area (Å²) in [6.07, 6.45) is 0. The molecule has 7 nitrogen and oxygen atoms in total.